The molecule has 1 aliphatic carbocycles. The Morgan fingerprint density at radius 1 is 1.75 bits per heavy atom. The van der Waals surface area contributed by atoms with Gasteiger partial charge in [0.05, 0.1) is 12.1 Å². The first kappa shape index (κ1) is 6.87. The molecule has 0 aromatic rings. The van der Waals surface area contributed by atoms with E-state index in [4.69, 9.17) is 4.74 Å². The molecule has 2 nitrogen and oxygen atoms in total. The normalized spacial score (nSPS) is 52.2. The molecule has 3 unspecified atom stereocenters. The molecule has 0 radical (unpaired) electrons. The highest BCUT2D eigenvalue weighted by atomic mass is 16.6. The molecule has 3 rings (SSSR count). The quantitative estimate of drug-likeness (QED) is 0.539. The van der Waals surface area contributed by atoms with Gasteiger partial charge in [-0.05, 0) is 25.5 Å². The fourth-order valence-corrected chi connectivity index (χ4v) is 2.57. The van der Waals surface area contributed by atoms with Gasteiger partial charge in [0.15, 0.2) is 0 Å². The highest BCUT2D eigenvalue weighted by Gasteiger charge is 2.65. The fraction of sp³-hybridized carbons (Fsp3) is 0.600. The Morgan fingerprint density at radius 2 is 2.67 bits per heavy atom. The number of piperidine rings is 1. The van der Waals surface area contributed by atoms with E-state index in [1.54, 1.807) is 0 Å². The molecule has 1 N–H and O–H groups in total. The molecular formula is C10H13NO. The number of nitrogens with one attached hydrogen (secondary N) is 1. The maximum absolute atomic E-state index is 5.80. The molecule has 0 aromatic carbocycles. The average molecular weight is 163 g/mol. The maximum atomic E-state index is 5.80. The first-order valence-electron chi connectivity index (χ1n) is 4.64. The lowest BCUT2D eigenvalue weighted by Crippen LogP contribution is -2.45. The van der Waals surface area contributed by atoms with Gasteiger partial charge in [0.25, 0.3) is 0 Å². The lowest BCUT2D eigenvalue weighted by atomic mass is 9.89. The molecule has 3 atom stereocenters. The van der Waals surface area contributed by atoms with Gasteiger partial charge in [0, 0.05) is 0 Å². The van der Waals surface area contributed by atoms with Crippen molar-refractivity contribution in [3.63, 3.8) is 0 Å². The Morgan fingerprint density at radius 3 is 3.50 bits per heavy atom. The zero-order valence-corrected chi connectivity index (χ0v) is 7.21. The van der Waals surface area contributed by atoms with Crippen molar-refractivity contribution in [2.24, 2.45) is 0 Å². The van der Waals surface area contributed by atoms with Crippen LogP contribution in [0.5, 0.6) is 0 Å². The summed E-state index contributed by atoms with van der Waals surface area (Å²) in [6.45, 7) is 3.18. The third-order valence-electron chi connectivity index (χ3n) is 3.22. The van der Waals surface area contributed by atoms with E-state index in [-0.39, 0.29) is 5.60 Å². The molecule has 12 heavy (non-hydrogen) atoms. The van der Waals surface area contributed by atoms with Crippen LogP contribution in [0.3, 0.4) is 0 Å². The van der Waals surface area contributed by atoms with Gasteiger partial charge in [-0.2, -0.15) is 0 Å². The number of epoxide rings is 1. The number of hydrogen-bond donors (Lipinski definition) is 1. The number of rotatable bonds is 0. The van der Waals surface area contributed by atoms with Gasteiger partial charge < -0.3 is 10.1 Å². The van der Waals surface area contributed by atoms with Crippen LogP contribution in [-0.2, 0) is 4.74 Å². The van der Waals surface area contributed by atoms with E-state index < -0.39 is 0 Å². The molecule has 0 aromatic heterocycles. The summed E-state index contributed by atoms with van der Waals surface area (Å²) >= 11 is 0. The summed E-state index contributed by atoms with van der Waals surface area (Å²) in [5.74, 6) is 0. The summed E-state index contributed by atoms with van der Waals surface area (Å²) in [6, 6.07) is 0.447. The second-order valence-corrected chi connectivity index (χ2v) is 3.72. The van der Waals surface area contributed by atoms with Crippen molar-refractivity contribution < 1.29 is 4.74 Å². The van der Waals surface area contributed by atoms with E-state index in [1.807, 2.05) is 0 Å². The Kier molecular flexibility index (Phi) is 1.15. The maximum Gasteiger partial charge on any atom is 0.138 e. The Balaban J connectivity index is 2.02. The Bertz CT molecular complexity index is 282. The van der Waals surface area contributed by atoms with Crippen LogP contribution in [0, 0.1) is 0 Å². The number of ether oxygens (including phenoxy) is 1. The van der Waals surface area contributed by atoms with Crippen molar-refractivity contribution in [1.29, 1.82) is 0 Å². The van der Waals surface area contributed by atoms with Crippen molar-refractivity contribution in [2.45, 2.75) is 31.1 Å². The van der Waals surface area contributed by atoms with E-state index in [2.05, 4.69) is 30.5 Å². The topological polar surface area (TPSA) is 24.6 Å². The van der Waals surface area contributed by atoms with Crippen LogP contribution in [0.4, 0.5) is 0 Å². The third kappa shape index (κ3) is 0.595. The van der Waals surface area contributed by atoms with Crippen LogP contribution in [-0.4, -0.2) is 24.3 Å². The standard InChI is InChI=1S/C10H13NO/c1-2-7-3-4-8-10(7)9(12-10)5-6-11-8/h2-4,8-9,11H,5-6H2,1H3. The van der Waals surface area contributed by atoms with Gasteiger partial charge in [0.2, 0.25) is 0 Å². The van der Waals surface area contributed by atoms with Gasteiger partial charge in [-0.3, -0.25) is 0 Å². The molecule has 64 valence electrons. The van der Waals surface area contributed by atoms with Crippen LogP contribution >= 0.6 is 0 Å². The summed E-state index contributed by atoms with van der Waals surface area (Å²) in [4.78, 5) is 0. The first-order valence-corrected chi connectivity index (χ1v) is 4.64. The lowest BCUT2D eigenvalue weighted by molar-refractivity contribution is 0.312. The smallest absolute Gasteiger partial charge is 0.138 e. The van der Waals surface area contributed by atoms with Gasteiger partial charge in [-0.25, -0.2) is 0 Å². The molecule has 2 heteroatoms. The van der Waals surface area contributed by atoms with Crippen LogP contribution in [0.2, 0.25) is 0 Å². The van der Waals surface area contributed by atoms with Crippen LogP contribution in [0.1, 0.15) is 13.3 Å². The minimum absolute atomic E-state index is 0.0625. The minimum atomic E-state index is 0.0625. The Labute approximate surface area is 72.3 Å². The molecule has 0 saturated carbocycles. The molecule has 2 saturated heterocycles. The lowest BCUT2D eigenvalue weighted by Gasteiger charge is -2.22. The predicted octanol–water partition coefficient (Wildman–Crippen LogP) is 1.00. The SMILES string of the molecule is CC=C1C=CC2NCCC3OC123. The number of allylic oxidation sites excluding steroid dienone is 1. The van der Waals surface area contributed by atoms with Gasteiger partial charge >= 0.3 is 0 Å². The van der Waals surface area contributed by atoms with E-state index in [0.717, 1.165) is 13.0 Å². The van der Waals surface area contributed by atoms with Crippen molar-refractivity contribution >= 4 is 0 Å². The van der Waals surface area contributed by atoms with Crippen molar-refractivity contribution in [1.82, 2.24) is 5.32 Å². The Hall–Kier alpha value is -0.600. The first-order chi connectivity index (χ1) is 5.88. The average Bonchev–Trinajstić information content (AvgIpc) is 2.72. The van der Waals surface area contributed by atoms with Crippen molar-refractivity contribution in [3.8, 4) is 0 Å². The molecule has 0 bridgehead atoms. The highest BCUT2D eigenvalue weighted by molar-refractivity contribution is 5.48. The van der Waals surface area contributed by atoms with Gasteiger partial charge in [-0.1, -0.05) is 18.2 Å². The molecule has 2 aliphatic heterocycles. The zero-order chi connectivity index (χ0) is 8.18. The molecule has 2 fully saturated rings. The van der Waals surface area contributed by atoms with Crippen molar-refractivity contribution in [2.75, 3.05) is 6.54 Å². The summed E-state index contributed by atoms with van der Waals surface area (Å²) in [6.07, 6.45) is 8.25. The fourth-order valence-electron chi connectivity index (χ4n) is 2.57. The third-order valence-corrected chi connectivity index (χ3v) is 3.22. The van der Waals surface area contributed by atoms with E-state index in [0.29, 0.717) is 12.1 Å². The summed E-state index contributed by atoms with van der Waals surface area (Å²) in [7, 11) is 0. The summed E-state index contributed by atoms with van der Waals surface area (Å²) < 4.78 is 5.80. The summed E-state index contributed by atoms with van der Waals surface area (Å²) in [5.41, 5.74) is 1.43. The van der Waals surface area contributed by atoms with E-state index >= 15 is 0 Å². The van der Waals surface area contributed by atoms with E-state index in [9.17, 15) is 0 Å². The van der Waals surface area contributed by atoms with Crippen LogP contribution in [0.15, 0.2) is 23.8 Å². The molecule has 3 aliphatic rings. The van der Waals surface area contributed by atoms with Crippen LogP contribution < -0.4 is 5.32 Å². The van der Waals surface area contributed by atoms with E-state index in [1.165, 1.54) is 5.57 Å². The molecule has 1 spiro atoms. The van der Waals surface area contributed by atoms with Gasteiger partial charge in [0.1, 0.15) is 5.60 Å². The molecular weight excluding hydrogens is 150 g/mol. The second kappa shape index (κ2) is 2.01. The zero-order valence-electron chi connectivity index (χ0n) is 7.21. The van der Waals surface area contributed by atoms with Crippen LogP contribution in [0.25, 0.3) is 0 Å². The molecule has 0 amide bonds. The van der Waals surface area contributed by atoms with Gasteiger partial charge in [-0.15, -0.1) is 0 Å². The predicted molar refractivity (Wildman–Crippen MR) is 46.9 cm³/mol. The number of hydrogen-bond acceptors (Lipinski definition) is 2. The van der Waals surface area contributed by atoms with Crippen molar-refractivity contribution in [3.05, 3.63) is 23.8 Å². The minimum Gasteiger partial charge on any atom is -0.359 e. The second-order valence-electron chi connectivity index (χ2n) is 3.72. The largest absolute Gasteiger partial charge is 0.359 e. The molecule has 2 heterocycles. The summed E-state index contributed by atoms with van der Waals surface area (Å²) in [5, 5.41) is 3.47. The highest BCUT2D eigenvalue weighted by Crippen LogP contribution is 2.53. The monoisotopic (exact) mass is 163 g/mol.